The molecule has 0 saturated carbocycles. The second-order valence-corrected chi connectivity index (χ2v) is 1.82. The van der Waals surface area contributed by atoms with Crippen molar-refractivity contribution < 1.29 is 0 Å². The van der Waals surface area contributed by atoms with Crippen LogP contribution >= 0.6 is 0 Å². The number of benzene rings is 1. The van der Waals surface area contributed by atoms with E-state index >= 15 is 0 Å². The first-order chi connectivity index (χ1) is 4.63. The molecule has 0 aliphatic rings. The van der Waals surface area contributed by atoms with Gasteiger partial charge in [0.2, 0.25) is 5.43 Å². The van der Waals surface area contributed by atoms with Crippen molar-refractivity contribution in [3.05, 3.63) is 43.3 Å². The predicted octanol–water partition coefficient (Wildman–Crippen LogP) is -1.76. The molecule has 0 amide bonds. The minimum Gasteiger partial charge on any atom is -0.299 e. The van der Waals surface area contributed by atoms with Crippen LogP contribution in [0.4, 0.5) is 0 Å². The van der Waals surface area contributed by atoms with Crippen LogP contribution in [0.15, 0.2) is 21.7 Å². The maximum Gasteiger partial charge on any atom is 0.252 e. The van der Waals surface area contributed by atoms with Crippen LogP contribution in [0.5, 0.6) is 0 Å². The van der Waals surface area contributed by atoms with Crippen molar-refractivity contribution in [1.29, 1.82) is 10.8 Å². The third kappa shape index (κ3) is 0.793. The van der Waals surface area contributed by atoms with Crippen LogP contribution in [0.25, 0.3) is 0 Å². The van der Waals surface area contributed by atoms with Gasteiger partial charge in [-0.3, -0.25) is 20.4 Å². The highest BCUT2D eigenvalue weighted by molar-refractivity contribution is 4.99. The first kappa shape index (κ1) is 6.54. The van der Waals surface area contributed by atoms with E-state index in [1.165, 1.54) is 0 Å². The van der Waals surface area contributed by atoms with Gasteiger partial charge in [-0.05, 0) is 12.1 Å². The number of hydrogen-bond acceptors (Lipinski definition) is 4. The highest BCUT2D eigenvalue weighted by atomic mass is 16.2. The van der Waals surface area contributed by atoms with E-state index < -0.39 is 16.2 Å². The molecule has 0 atom stereocenters. The topological polar surface area (TPSA) is 81.8 Å². The zero-order valence-electron chi connectivity index (χ0n) is 4.97. The number of rotatable bonds is 0. The molecule has 0 fully saturated rings. The summed E-state index contributed by atoms with van der Waals surface area (Å²) in [6, 6.07) is 2.15. The molecule has 1 aromatic carbocycles. The van der Waals surface area contributed by atoms with Gasteiger partial charge >= 0.3 is 0 Å². The van der Waals surface area contributed by atoms with Crippen molar-refractivity contribution in [2.75, 3.05) is 0 Å². The van der Waals surface area contributed by atoms with Gasteiger partial charge in [0.25, 0.3) is 5.43 Å². The van der Waals surface area contributed by atoms with Crippen LogP contribution in [-0.4, -0.2) is 0 Å². The van der Waals surface area contributed by atoms with Crippen molar-refractivity contribution in [1.82, 2.24) is 0 Å². The molecule has 0 saturated heterocycles. The fourth-order valence-electron chi connectivity index (χ4n) is 0.564. The Morgan fingerprint density at radius 3 is 2.20 bits per heavy atom. The third-order valence-corrected chi connectivity index (χ3v) is 1.12. The highest BCUT2D eigenvalue weighted by Gasteiger charge is 1.94. The Labute approximate surface area is 55.1 Å². The summed E-state index contributed by atoms with van der Waals surface area (Å²) in [4.78, 5) is 21.0. The molecule has 0 unspecified atom stereocenters. The fraction of sp³-hybridized carbons (Fsp3) is 0. The summed E-state index contributed by atoms with van der Waals surface area (Å²) in [6.45, 7) is 0. The first-order valence-corrected chi connectivity index (χ1v) is 2.57. The lowest BCUT2D eigenvalue weighted by Crippen LogP contribution is -2.45. The van der Waals surface area contributed by atoms with Crippen molar-refractivity contribution >= 4 is 0 Å². The summed E-state index contributed by atoms with van der Waals surface area (Å²) >= 11 is 0. The van der Waals surface area contributed by atoms with Crippen LogP contribution in [0, 0.1) is 10.8 Å². The molecule has 10 heavy (non-hydrogen) atoms. The van der Waals surface area contributed by atoms with Gasteiger partial charge in [0.1, 0.15) is 5.36 Å². The third-order valence-electron chi connectivity index (χ3n) is 1.12. The summed E-state index contributed by atoms with van der Waals surface area (Å²) in [5, 5.41) is 13.1. The standard InChI is InChI=1S/C6H4N2O2/c7-3-1-2-4(9)6(10)5(3)8/h1-2,7-8H. The molecule has 0 aliphatic heterocycles. The van der Waals surface area contributed by atoms with E-state index in [1.807, 2.05) is 0 Å². The molecule has 2 N–H and O–H groups in total. The minimum atomic E-state index is -0.896. The number of hydrogen-bond donors (Lipinski definition) is 2. The zero-order valence-corrected chi connectivity index (χ0v) is 4.97. The van der Waals surface area contributed by atoms with Gasteiger partial charge in [-0.15, -0.1) is 0 Å². The van der Waals surface area contributed by atoms with Crippen LogP contribution in [0.2, 0.25) is 0 Å². The lowest BCUT2D eigenvalue weighted by molar-refractivity contribution is 1.09. The summed E-state index contributed by atoms with van der Waals surface area (Å²) in [5.41, 5.74) is -1.62. The molecule has 0 bridgehead atoms. The van der Waals surface area contributed by atoms with E-state index in [-0.39, 0.29) is 5.36 Å². The van der Waals surface area contributed by atoms with Crippen molar-refractivity contribution in [2.45, 2.75) is 0 Å². The molecule has 50 valence electrons. The predicted molar refractivity (Wildman–Crippen MR) is 33.1 cm³/mol. The van der Waals surface area contributed by atoms with Gasteiger partial charge in [0.05, 0.1) is 5.36 Å². The Hall–Kier alpha value is -1.58. The van der Waals surface area contributed by atoms with E-state index in [1.54, 1.807) is 0 Å². The van der Waals surface area contributed by atoms with E-state index in [4.69, 9.17) is 10.8 Å². The van der Waals surface area contributed by atoms with Crippen molar-refractivity contribution in [3.8, 4) is 0 Å². The average Bonchev–Trinajstić information content (AvgIpc) is 1.93. The SMILES string of the molecule is N=c1ccc(=O)c(=O)c1=N. The Kier molecular flexibility index (Phi) is 1.30. The molecular formula is C6H4N2O2. The second kappa shape index (κ2) is 1.98. The van der Waals surface area contributed by atoms with Gasteiger partial charge in [0.15, 0.2) is 0 Å². The van der Waals surface area contributed by atoms with Gasteiger partial charge in [-0.25, -0.2) is 0 Å². The maximum absolute atomic E-state index is 10.6. The van der Waals surface area contributed by atoms with Crippen molar-refractivity contribution in [2.24, 2.45) is 0 Å². The largest absolute Gasteiger partial charge is 0.299 e. The lowest BCUT2D eigenvalue weighted by Gasteiger charge is -1.76. The van der Waals surface area contributed by atoms with E-state index in [0.717, 1.165) is 12.1 Å². The van der Waals surface area contributed by atoms with Crippen LogP contribution in [0.1, 0.15) is 0 Å². The Bertz CT molecular complexity index is 397. The molecule has 4 heteroatoms. The summed E-state index contributed by atoms with van der Waals surface area (Å²) < 4.78 is 0. The average molecular weight is 136 g/mol. The second-order valence-electron chi connectivity index (χ2n) is 1.82. The minimum absolute atomic E-state index is 0.204. The molecule has 4 nitrogen and oxygen atoms in total. The van der Waals surface area contributed by atoms with Gasteiger partial charge in [-0.2, -0.15) is 0 Å². The summed E-state index contributed by atoms with van der Waals surface area (Å²) in [6.07, 6.45) is 0. The summed E-state index contributed by atoms with van der Waals surface area (Å²) in [7, 11) is 0. The normalized spacial score (nSPS) is 9.60. The van der Waals surface area contributed by atoms with E-state index in [0.29, 0.717) is 0 Å². The molecule has 0 spiro atoms. The van der Waals surface area contributed by atoms with Gasteiger partial charge in [-0.1, -0.05) is 0 Å². The molecule has 0 heterocycles. The maximum atomic E-state index is 10.6. The monoisotopic (exact) mass is 136 g/mol. The van der Waals surface area contributed by atoms with Gasteiger partial charge < -0.3 is 0 Å². The summed E-state index contributed by atoms with van der Waals surface area (Å²) in [5.74, 6) is 0. The van der Waals surface area contributed by atoms with Gasteiger partial charge in [0, 0.05) is 0 Å². The molecule has 0 aliphatic carbocycles. The smallest absolute Gasteiger partial charge is 0.252 e. The molecule has 0 radical (unpaired) electrons. The Morgan fingerprint density at radius 1 is 1.10 bits per heavy atom. The molecule has 1 aromatic rings. The fourth-order valence-corrected chi connectivity index (χ4v) is 0.564. The molecule has 1 rings (SSSR count). The van der Waals surface area contributed by atoms with Crippen LogP contribution < -0.4 is 21.6 Å². The highest BCUT2D eigenvalue weighted by Crippen LogP contribution is 1.48. The Morgan fingerprint density at radius 2 is 1.70 bits per heavy atom. The Balaban J connectivity index is 4.04. The van der Waals surface area contributed by atoms with E-state index in [9.17, 15) is 9.59 Å². The zero-order chi connectivity index (χ0) is 7.72. The number of nitrogens with one attached hydrogen (secondary N) is 2. The molecular weight excluding hydrogens is 132 g/mol. The quantitative estimate of drug-likeness (QED) is 0.414. The lowest BCUT2D eigenvalue weighted by atomic mass is 10.3. The van der Waals surface area contributed by atoms with Crippen LogP contribution in [-0.2, 0) is 0 Å². The van der Waals surface area contributed by atoms with Crippen LogP contribution in [0.3, 0.4) is 0 Å². The molecule has 0 aromatic heterocycles. The van der Waals surface area contributed by atoms with Crippen molar-refractivity contribution in [3.63, 3.8) is 0 Å². The first-order valence-electron chi connectivity index (χ1n) is 2.57. The van der Waals surface area contributed by atoms with E-state index in [2.05, 4.69) is 0 Å².